The summed E-state index contributed by atoms with van der Waals surface area (Å²) in [5.41, 5.74) is 0.668. The second kappa shape index (κ2) is 8.07. The number of methoxy groups -OCH3 is 1. The lowest BCUT2D eigenvalue weighted by Crippen LogP contribution is -2.43. The zero-order valence-corrected chi connectivity index (χ0v) is 17.9. The molecule has 1 fully saturated rings. The van der Waals surface area contributed by atoms with Gasteiger partial charge in [-0.15, -0.1) is 0 Å². The number of nitrogens with one attached hydrogen (secondary N) is 1. The Morgan fingerprint density at radius 3 is 2.39 bits per heavy atom. The molecule has 8 nitrogen and oxygen atoms in total. The first kappa shape index (κ1) is 21.5. The number of amides is 2. The van der Waals surface area contributed by atoms with Gasteiger partial charge >= 0.3 is 0 Å². The van der Waals surface area contributed by atoms with Crippen LogP contribution in [-0.2, 0) is 31.6 Å². The zero-order chi connectivity index (χ0) is 22.2. The monoisotopic (exact) mass is 444 g/mol. The third-order valence-electron chi connectivity index (χ3n) is 5.86. The van der Waals surface area contributed by atoms with E-state index in [9.17, 15) is 23.1 Å². The van der Waals surface area contributed by atoms with Crippen LogP contribution in [0.15, 0.2) is 47.4 Å². The Kier molecular flexibility index (Phi) is 5.59. The van der Waals surface area contributed by atoms with E-state index in [4.69, 9.17) is 4.74 Å². The number of anilines is 1. The molecule has 4 rings (SSSR count). The van der Waals surface area contributed by atoms with Crippen LogP contribution >= 0.6 is 0 Å². The summed E-state index contributed by atoms with van der Waals surface area (Å²) in [5.74, 6) is 0.0979. The Labute approximate surface area is 180 Å². The Morgan fingerprint density at radius 2 is 1.74 bits per heavy atom. The van der Waals surface area contributed by atoms with Crippen molar-refractivity contribution in [3.05, 3.63) is 53.6 Å². The van der Waals surface area contributed by atoms with Crippen molar-refractivity contribution in [3.8, 4) is 5.75 Å². The number of hydrogen-bond donors (Lipinski definition) is 2. The van der Waals surface area contributed by atoms with E-state index in [0.717, 1.165) is 23.3 Å². The van der Waals surface area contributed by atoms with Gasteiger partial charge in [-0.25, -0.2) is 13.1 Å². The second-order valence-corrected chi connectivity index (χ2v) is 9.62. The van der Waals surface area contributed by atoms with Crippen LogP contribution in [0.3, 0.4) is 0 Å². The fourth-order valence-corrected chi connectivity index (χ4v) is 5.27. The van der Waals surface area contributed by atoms with Crippen molar-refractivity contribution in [1.82, 2.24) is 4.72 Å². The van der Waals surface area contributed by atoms with E-state index >= 15 is 0 Å². The van der Waals surface area contributed by atoms with E-state index in [1.54, 1.807) is 19.2 Å². The molecule has 2 aromatic carbocycles. The van der Waals surface area contributed by atoms with E-state index in [1.807, 2.05) is 6.07 Å². The summed E-state index contributed by atoms with van der Waals surface area (Å²) in [5, 5.41) is 11.2. The average molecular weight is 445 g/mol. The molecule has 0 radical (unpaired) electrons. The number of hydrogen-bond acceptors (Lipinski definition) is 6. The Bertz CT molecular complexity index is 1110. The summed E-state index contributed by atoms with van der Waals surface area (Å²) in [4.78, 5) is 24.8. The van der Waals surface area contributed by atoms with Gasteiger partial charge in [0.1, 0.15) is 11.4 Å². The largest absolute Gasteiger partial charge is 0.497 e. The number of sulfonamides is 1. The lowest BCUT2D eigenvalue weighted by atomic mass is 9.79. The van der Waals surface area contributed by atoms with Crippen LogP contribution < -0.4 is 14.4 Å². The highest BCUT2D eigenvalue weighted by Gasteiger charge is 2.36. The molecular weight excluding hydrogens is 420 g/mol. The van der Waals surface area contributed by atoms with Crippen molar-refractivity contribution < 1.29 is 27.9 Å². The molecule has 1 aliphatic carbocycles. The van der Waals surface area contributed by atoms with Crippen molar-refractivity contribution in [2.75, 3.05) is 18.6 Å². The average Bonchev–Trinajstić information content (AvgIpc) is 3.10. The van der Waals surface area contributed by atoms with Crippen LogP contribution in [0.25, 0.3) is 0 Å². The number of carbonyl (C=O) groups excluding carboxylic acids is 2. The molecular formula is C22H24N2O6S. The predicted octanol–water partition coefficient (Wildman–Crippen LogP) is 1.85. The molecule has 2 amide bonds. The highest BCUT2D eigenvalue weighted by Crippen LogP contribution is 2.37. The summed E-state index contributed by atoms with van der Waals surface area (Å²) in [7, 11) is -2.33. The molecule has 2 aromatic rings. The summed E-state index contributed by atoms with van der Waals surface area (Å²) in [6.45, 7) is -0.167. The standard InChI is InChI=1S/C22H24N2O6S/c1-30-17-6-9-19-15(13-17)3-2-12-22(19,27)14-23-31(28,29)18-7-4-16(5-8-18)24-20(25)10-11-21(24)26/h4-9,13,23,27H,2-3,10-12,14H2,1H3/t22-/m1/s1. The molecule has 9 heteroatoms. The van der Waals surface area contributed by atoms with E-state index in [-0.39, 0.29) is 36.1 Å². The number of rotatable bonds is 6. The maximum absolute atomic E-state index is 12.8. The first-order valence-corrected chi connectivity index (χ1v) is 11.6. The van der Waals surface area contributed by atoms with Gasteiger partial charge < -0.3 is 9.84 Å². The smallest absolute Gasteiger partial charge is 0.240 e. The molecule has 164 valence electrons. The fourth-order valence-electron chi connectivity index (χ4n) is 4.18. The lowest BCUT2D eigenvalue weighted by Gasteiger charge is -2.34. The topological polar surface area (TPSA) is 113 Å². The fraction of sp³-hybridized carbons (Fsp3) is 0.364. The first-order valence-electron chi connectivity index (χ1n) is 10.1. The van der Waals surface area contributed by atoms with Crippen molar-refractivity contribution in [2.45, 2.75) is 42.6 Å². The summed E-state index contributed by atoms with van der Waals surface area (Å²) >= 11 is 0. The molecule has 2 N–H and O–H groups in total. The van der Waals surface area contributed by atoms with Crippen LogP contribution in [0.2, 0.25) is 0 Å². The second-order valence-electron chi connectivity index (χ2n) is 7.85. The van der Waals surface area contributed by atoms with Crippen LogP contribution in [0.1, 0.15) is 36.8 Å². The first-order chi connectivity index (χ1) is 14.7. The number of imide groups is 1. The Morgan fingerprint density at radius 1 is 1.06 bits per heavy atom. The molecule has 31 heavy (non-hydrogen) atoms. The molecule has 1 atom stereocenters. The SMILES string of the molecule is COc1ccc2c(c1)CCC[C@@]2(O)CNS(=O)(=O)c1ccc(N2C(=O)CCC2=O)cc1. The summed E-state index contributed by atoms with van der Waals surface area (Å²) in [6, 6.07) is 11.0. The number of nitrogens with zero attached hydrogens (tertiary/aromatic N) is 1. The third kappa shape index (κ3) is 4.08. The summed E-state index contributed by atoms with van der Waals surface area (Å²) < 4.78 is 33.3. The molecule has 1 aliphatic heterocycles. The van der Waals surface area contributed by atoms with Gasteiger partial charge in [0.2, 0.25) is 21.8 Å². The lowest BCUT2D eigenvalue weighted by molar-refractivity contribution is -0.121. The molecule has 0 unspecified atom stereocenters. The van der Waals surface area contributed by atoms with E-state index in [2.05, 4.69) is 4.72 Å². The number of benzene rings is 2. The van der Waals surface area contributed by atoms with Gasteiger partial charge in [0.25, 0.3) is 0 Å². The number of aryl methyl sites for hydroxylation is 1. The molecule has 0 aromatic heterocycles. The van der Waals surface area contributed by atoms with Crippen molar-refractivity contribution in [1.29, 1.82) is 0 Å². The number of aliphatic hydroxyl groups is 1. The predicted molar refractivity (Wildman–Crippen MR) is 113 cm³/mol. The number of ether oxygens (including phenoxy) is 1. The van der Waals surface area contributed by atoms with Crippen molar-refractivity contribution >= 4 is 27.5 Å². The minimum atomic E-state index is -3.90. The van der Waals surface area contributed by atoms with Crippen LogP contribution in [0.5, 0.6) is 5.75 Å². The Balaban J connectivity index is 1.51. The number of carbonyl (C=O) groups is 2. The molecule has 0 saturated carbocycles. The van der Waals surface area contributed by atoms with E-state index in [0.29, 0.717) is 23.4 Å². The highest BCUT2D eigenvalue weighted by molar-refractivity contribution is 7.89. The Hall–Kier alpha value is -2.75. The molecule has 0 bridgehead atoms. The maximum Gasteiger partial charge on any atom is 0.240 e. The van der Waals surface area contributed by atoms with Crippen molar-refractivity contribution in [3.63, 3.8) is 0 Å². The van der Waals surface area contributed by atoms with Gasteiger partial charge in [-0.1, -0.05) is 6.07 Å². The van der Waals surface area contributed by atoms with Gasteiger partial charge in [-0.3, -0.25) is 14.5 Å². The van der Waals surface area contributed by atoms with Gasteiger partial charge in [0.05, 0.1) is 17.7 Å². The molecule has 1 heterocycles. The van der Waals surface area contributed by atoms with E-state index in [1.165, 1.54) is 24.3 Å². The molecule has 2 aliphatic rings. The third-order valence-corrected chi connectivity index (χ3v) is 7.28. The zero-order valence-electron chi connectivity index (χ0n) is 17.1. The summed E-state index contributed by atoms with van der Waals surface area (Å²) in [6.07, 6.45) is 2.27. The quantitative estimate of drug-likeness (QED) is 0.658. The van der Waals surface area contributed by atoms with Crippen LogP contribution in [-0.4, -0.2) is 39.0 Å². The highest BCUT2D eigenvalue weighted by atomic mass is 32.2. The van der Waals surface area contributed by atoms with Crippen LogP contribution in [0, 0.1) is 0 Å². The normalized spacial score (nSPS) is 21.3. The van der Waals surface area contributed by atoms with E-state index < -0.39 is 15.6 Å². The van der Waals surface area contributed by atoms with Gasteiger partial charge in [-0.2, -0.15) is 0 Å². The van der Waals surface area contributed by atoms with Crippen LogP contribution in [0.4, 0.5) is 5.69 Å². The molecule has 0 spiro atoms. The van der Waals surface area contributed by atoms with Gasteiger partial charge in [0, 0.05) is 19.4 Å². The minimum Gasteiger partial charge on any atom is -0.497 e. The van der Waals surface area contributed by atoms with Crippen molar-refractivity contribution in [2.24, 2.45) is 0 Å². The van der Waals surface area contributed by atoms with Gasteiger partial charge in [0.15, 0.2) is 0 Å². The maximum atomic E-state index is 12.8. The number of fused-ring (bicyclic) bond motifs is 1. The molecule has 1 saturated heterocycles. The van der Waals surface area contributed by atoms with Gasteiger partial charge in [-0.05, 0) is 66.8 Å². The minimum absolute atomic E-state index is 0.00953.